The van der Waals surface area contributed by atoms with Crippen LogP contribution < -0.4 is 16.6 Å². The molecular formula is C22H19FN6O3S. The number of benzene rings is 2. The molecule has 0 aliphatic heterocycles. The lowest BCUT2D eigenvalue weighted by molar-refractivity contribution is -0.113. The molecule has 3 N–H and O–H groups in total. The molecule has 4 rings (SSSR count). The van der Waals surface area contributed by atoms with Crippen LogP contribution in [-0.4, -0.2) is 36.4 Å². The standard InChI is InChI=1S/C22H19FN6O3S/c1-13-5-4-6-15(9-13)29-18(10-14-11-19(30)26-21(32)24-14)27-28-22(29)33-12-20(31)25-17-8-3-2-7-16(17)23/h2-9,11H,10,12H2,1H3,(H,25,31)(H2,24,26,30,32). The predicted molar refractivity (Wildman–Crippen MR) is 122 cm³/mol. The lowest BCUT2D eigenvalue weighted by atomic mass is 10.2. The Morgan fingerprint density at radius 1 is 1.09 bits per heavy atom. The molecule has 2 aromatic carbocycles. The summed E-state index contributed by atoms with van der Waals surface area (Å²) in [6, 6.07) is 14.8. The number of halogens is 1. The fourth-order valence-electron chi connectivity index (χ4n) is 3.20. The summed E-state index contributed by atoms with van der Waals surface area (Å²) in [5, 5.41) is 11.4. The fourth-order valence-corrected chi connectivity index (χ4v) is 3.97. The number of carbonyl (C=O) groups is 1. The maximum absolute atomic E-state index is 13.8. The summed E-state index contributed by atoms with van der Waals surface area (Å²) in [6.07, 6.45) is 0.141. The molecule has 11 heteroatoms. The SMILES string of the molecule is Cc1cccc(-n2c(Cc3cc(=O)[nH]c(=O)[nH]3)nnc2SCC(=O)Nc2ccccc2F)c1. The molecule has 0 aliphatic carbocycles. The van der Waals surface area contributed by atoms with Gasteiger partial charge in [-0.15, -0.1) is 10.2 Å². The molecular weight excluding hydrogens is 447 g/mol. The van der Waals surface area contributed by atoms with Crippen molar-refractivity contribution in [1.29, 1.82) is 0 Å². The smallest absolute Gasteiger partial charge is 0.323 e. The number of aromatic amines is 2. The number of aryl methyl sites for hydroxylation is 1. The molecule has 0 radical (unpaired) electrons. The van der Waals surface area contributed by atoms with E-state index in [0.29, 0.717) is 16.7 Å². The van der Waals surface area contributed by atoms with Gasteiger partial charge in [0.2, 0.25) is 5.91 Å². The molecule has 2 aromatic heterocycles. The predicted octanol–water partition coefficient (Wildman–Crippen LogP) is 2.41. The molecule has 0 spiro atoms. The zero-order valence-electron chi connectivity index (χ0n) is 17.5. The number of thioether (sulfide) groups is 1. The highest BCUT2D eigenvalue weighted by molar-refractivity contribution is 7.99. The Hall–Kier alpha value is -3.99. The van der Waals surface area contributed by atoms with Crippen LogP contribution in [0.5, 0.6) is 0 Å². The molecule has 168 valence electrons. The van der Waals surface area contributed by atoms with E-state index in [0.717, 1.165) is 23.0 Å². The van der Waals surface area contributed by atoms with Gasteiger partial charge in [-0.05, 0) is 36.8 Å². The third kappa shape index (κ3) is 5.44. The normalized spacial score (nSPS) is 10.8. The average molecular weight is 466 g/mol. The first-order valence-electron chi connectivity index (χ1n) is 9.90. The van der Waals surface area contributed by atoms with Crippen molar-refractivity contribution >= 4 is 23.4 Å². The summed E-state index contributed by atoms with van der Waals surface area (Å²) in [5.74, 6) is -0.476. The van der Waals surface area contributed by atoms with E-state index >= 15 is 0 Å². The highest BCUT2D eigenvalue weighted by atomic mass is 32.2. The molecule has 0 saturated heterocycles. The van der Waals surface area contributed by atoms with Crippen LogP contribution in [0.4, 0.5) is 10.1 Å². The number of nitrogens with one attached hydrogen (secondary N) is 3. The topological polar surface area (TPSA) is 126 Å². The van der Waals surface area contributed by atoms with Crippen LogP contribution >= 0.6 is 11.8 Å². The van der Waals surface area contributed by atoms with Gasteiger partial charge in [0, 0.05) is 23.9 Å². The second kappa shape index (κ2) is 9.65. The van der Waals surface area contributed by atoms with Crippen molar-refractivity contribution in [3.05, 3.63) is 98.3 Å². The van der Waals surface area contributed by atoms with Crippen molar-refractivity contribution in [1.82, 2.24) is 24.7 Å². The van der Waals surface area contributed by atoms with Crippen molar-refractivity contribution in [2.24, 2.45) is 0 Å². The molecule has 9 nitrogen and oxygen atoms in total. The van der Waals surface area contributed by atoms with Crippen LogP contribution in [0.2, 0.25) is 0 Å². The monoisotopic (exact) mass is 466 g/mol. The number of anilines is 1. The van der Waals surface area contributed by atoms with Gasteiger partial charge in [-0.3, -0.25) is 19.1 Å². The first kappa shape index (κ1) is 22.2. The molecule has 33 heavy (non-hydrogen) atoms. The van der Waals surface area contributed by atoms with Crippen molar-refractivity contribution in [2.75, 3.05) is 11.1 Å². The Kier molecular flexibility index (Phi) is 6.50. The Labute approximate surface area is 191 Å². The number of hydrogen-bond acceptors (Lipinski definition) is 6. The van der Waals surface area contributed by atoms with Gasteiger partial charge in [-0.1, -0.05) is 36.0 Å². The summed E-state index contributed by atoms with van der Waals surface area (Å²) in [4.78, 5) is 40.4. The summed E-state index contributed by atoms with van der Waals surface area (Å²) >= 11 is 1.13. The highest BCUT2D eigenvalue weighted by Gasteiger charge is 2.17. The molecule has 2 heterocycles. The number of para-hydroxylation sites is 1. The van der Waals surface area contributed by atoms with Gasteiger partial charge in [0.1, 0.15) is 11.6 Å². The van der Waals surface area contributed by atoms with Crippen molar-refractivity contribution in [3.63, 3.8) is 0 Å². The van der Waals surface area contributed by atoms with Crippen molar-refractivity contribution in [2.45, 2.75) is 18.5 Å². The molecule has 0 saturated carbocycles. The van der Waals surface area contributed by atoms with Crippen LogP contribution in [0.1, 0.15) is 17.1 Å². The van der Waals surface area contributed by atoms with Gasteiger partial charge < -0.3 is 10.3 Å². The van der Waals surface area contributed by atoms with E-state index in [1.165, 1.54) is 18.2 Å². The third-order valence-corrected chi connectivity index (χ3v) is 5.53. The van der Waals surface area contributed by atoms with Gasteiger partial charge in [0.05, 0.1) is 11.4 Å². The number of carbonyl (C=O) groups excluding carboxylic acids is 1. The van der Waals surface area contributed by atoms with Gasteiger partial charge in [0.25, 0.3) is 5.56 Å². The van der Waals surface area contributed by atoms with Crippen LogP contribution in [0.3, 0.4) is 0 Å². The molecule has 0 aliphatic rings. The van der Waals surface area contributed by atoms with Gasteiger partial charge in [0.15, 0.2) is 5.16 Å². The lowest BCUT2D eigenvalue weighted by Crippen LogP contribution is -2.23. The Morgan fingerprint density at radius 3 is 2.67 bits per heavy atom. The molecule has 0 bridgehead atoms. The summed E-state index contributed by atoms with van der Waals surface area (Å²) in [7, 11) is 0. The van der Waals surface area contributed by atoms with E-state index < -0.39 is 23.0 Å². The van der Waals surface area contributed by atoms with Crippen LogP contribution in [0, 0.1) is 12.7 Å². The van der Waals surface area contributed by atoms with E-state index in [2.05, 4.69) is 25.5 Å². The number of aromatic nitrogens is 5. The van der Waals surface area contributed by atoms with Crippen molar-refractivity contribution in [3.8, 4) is 5.69 Å². The largest absolute Gasteiger partial charge is 0.325 e. The maximum atomic E-state index is 13.8. The lowest BCUT2D eigenvalue weighted by Gasteiger charge is -2.11. The second-order valence-electron chi connectivity index (χ2n) is 7.18. The number of H-pyrrole nitrogens is 2. The van der Waals surface area contributed by atoms with Gasteiger partial charge >= 0.3 is 5.69 Å². The maximum Gasteiger partial charge on any atom is 0.325 e. The van der Waals surface area contributed by atoms with Gasteiger partial charge in [-0.2, -0.15) is 0 Å². The van der Waals surface area contributed by atoms with E-state index in [1.54, 1.807) is 16.7 Å². The minimum atomic E-state index is -0.612. The molecule has 0 unspecified atom stereocenters. The Bertz CT molecular complexity index is 1400. The minimum Gasteiger partial charge on any atom is -0.323 e. The third-order valence-electron chi connectivity index (χ3n) is 4.61. The van der Waals surface area contributed by atoms with Crippen LogP contribution in [0.25, 0.3) is 5.69 Å². The average Bonchev–Trinajstić information content (AvgIpc) is 3.15. The fraction of sp³-hybridized carbons (Fsp3) is 0.136. The quantitative estimate of drug-likeness (QED) is 0.359. The summed E-state index contributed by atoms with van der Waals surface area (Å²) in [5.41, 5.74) is 1.11. The second-order valence-corrected chi connectivity index (χ2v) is 8.12. The van der Waals surface area contributed by atoms with E-state index in [-0.39, 0.29) is 17.9 Å². The number of hydrogen-bond donors (Lipinski definition) is 3. The molecule has 1 amide bonds. The Morgan fingerprint density at radius 2 is 1.91 bits per heavy atom. The summed E-state index contributed by atoms with van der Waals surface area (Å²) < 4.78 is 15.6. The molecule has 0 fully saturated rings. The number of amides is 1. The first-order valence-corrected chi connectivity index (χ1v) is 10.9. The Balaban J connectivity index is 1.61. The number of nitrogens with zero attached hydrogens (tertiary/aromatic N) is 3. The van der Waals surface area contributed by atoms with Crippen LogP contribution in [0.15, 0.2) is 69.3 Å². The summed E-state index contributed by atoms with van der Waals surface area (Å²) in [6.45, 7) is 1.94. The van der Waals surface area contributed by atoms with Crippen molar-refractivity contribution < 1.29 is 9.18 Å². The van der Waals surface area contributed by atoms with E-state index in [4.69, 9.17) is 0 Å². The van der Waals surface area contributed by atoms with E-state index in [1.807, 2.05) is 31.2 Å². The molecule has 0 atom stereocenters. The van der Waals surface area contributed by atoms with Crippen LogP contribution in [-0.2, 0) is 11.2 Å². The van der Waals surface area contributed by atoms with E-state index in [9.17, 15) is 18.8 Å². The molecule has 4 aromatic rings. The highest BCUT2D eigenvalue weighted by Crippen LogP contribution is 2.24. The van der Waals surface area contributed by atoms with Gasteiger partial charge in [-0.25, -0.2) is 9.18 Å². The first-order chi connectivity index (χ1) is 15.9. The minimum absolute atomic E-state index is 0.0277. The zero-order valence-corrected chi connectivity index (χ0v) is 18.3. The zero-order chi connectivity index (χ0) is 23.4. The number of rotatable bonds is 7.